The second kappa shape index (κ2) is 4.68. The number of rotatable bonds is 3. The van der Waals surface area contributed by atoms with Crippen molar-refractivity contribution in [3.05, 3.63) is 17.5 Å². The molecule has 98 valence electrons. The molecule has 6 heteroatoms. The highest BCUT2D eigenvalue weighted by atomic mass is 32.2. The van der Waals surface area contributed by atoms with Crippen LogP contribution in [0.3, 0.4) is 0 Å². The SMILES string of the molecule is Cc1[nH]cc(NC(=O)C2(C)CCCS2)c1C(=O)O. The quantitative estimate of drug-likeness (QED) is 0.785. The van der Waals surface area contributed by atoms with Crippen molar-refractivity contribution in [3.8, 4) is 0 Å². The number of carboxylic acid groups (broad SMARTS) is 1. The number of aromatic amines is 1. The van der Waals surface area contributed by atoms with Gasteiger partial charge in [0, 0.05) is 11.9 Å². The Kier molecular flexibility index (Phi) is 3.38. The van der Waals surface area contributed by atoms with Gasteiger partial charge in [0.15, 0.2) is 0 Å². The number of aryl methyl sites for hydroxylation is 1. The van der Waals surface area contributed by atoms with E-state index in [2.05, 4.69) is 10.3 Å². The molecule has 0 saturated carbocycles. The molecule has 0 aromatic carbocycles. The average Bonchev–Trinajstić information content (AvgIpc) is 2.86. The number of H-pyrrole nitrogens is 1. The van der Waals surface area contributed by atoms with E-state index in [9.17, 15) is 9.59 Å². The zero-order valence-electron chi connectivity index (χ0n) is 10.4. The number of hydrogen-bond donors (Lipinski definition) is 3. The minimum absolute atomic E-state index is 0.119. The van der Waals surface area contributed by atoms with Crippen molar-refractivity contribution in [1.29, 1.82) is 0 Å². The lowest BCUT2D eigenvalue weighted by molar-refractivity contribution is -0.118. The number of anilines is 1. The molecule has 1 unspecified atom stereocenters. The van der Waals surface area contributed by atoms with Crippen LogP contribution in [0.5, 0.6) is 0 Å². The first-order valence-electron chi connectivity index (χ1n) is 5.81. The Morgan fingerprint density at radius 3 is 2.83 bits per heavy atom. The molecule has 2 rings (SSSR count). The Morgan fingerprint density at radius 2 is 2.28 bits per heavy atom. The second-order valence-corrected chi connectivity index (χ2v) is 6.24. The number of aromatic nitrogens is 1. The molecule has 0 radical (unpaired) electrons. The van der Waals surface area contributed by atoms with E-state index in [1.807, 2.05) is 6.92 Å². The van der Waals surface area contributed by atoms with Crippen LogP contribution >= 0.6 is 11.8 Å². The number of thioether (sulfide) groups is 1. The van der Waals surface area contributed by atoms with Crippen LogP contribution in [0.2, 0.25) is 0 Å². The lowest BCUT2D eigenvalue weighted by Crippen LogP contribution is -2.35. The van der Waals surface area contributed by atoms with Gasteiger partial charge in [-0.3, -0.25) is 4.79 Å². The van der Waals surface area contributed by atoms with E-state index in [1.54, 1.807) is 18.7 Å². The maximum absolute atomic E-state index is 12.2. The van der Waals surface area contributed by atoms with Gasteiger partial charge in [0.25, 0.3) is 0 Å². The molecule has 2 heterocycles. The molecular formula is C12H16N2O3S. The van der Waals surface area contributed by atoms with Crippen molar-refractivity contribution in [2.24, 2.45) is 0 Å². The molecule has 1 aromatic rings. The van der Waals surface area contributed by atoms with E-state index in [4.69, 9.17) is 5.11 Å². The lowest BCUT2D eigenvalue weighted by atomic mass is 10.0. The number of amides is 1. The fourth-order valence-electron chi connectivity index (χ4n) is 2.11. The lowest BCUT2D eigenvalue weighted by Gasteiger charge is -2.21. The molecule has 18 heavy (non-hydrogen) atoms. The van der Waals surface area contributed by atoms with Crippen molar-refractivity contribution in [2.45, 2.75) is 31.4 Å². The minimum Gasteiger partial charge on any atom is -0.478 e. The summed E-state index contributed by atoms with van der Waals surface area (Å²) in [7, 11) is 0. The summed E-state index contributed by atoms with van der Waals surface area (Å²) in [6.07, 6.45) is 3.38. The van der Waals surface area contributed by atoms with E-state index >= 15 is 0 Å². The van der Waals surface area contributed by atoms with Gasteiger partial charge in [-0.25, -0.2) is 4.79 Å². The van der Waals surface area contributed by atoms with Gasteiger partial charge in [-0.15, -0.1) is 11.8 Å². The molecule has 5 nitrogen and oxygen atoms in total. The van der Waals surface area contributed by atoms with Gasteiger partial charge in [-0.1, -0.05) is 0 Å². The normalized spacial score (nSPS) is 23.0. The van der Waals surface area contributed by atoms with Crippen molar-refractivity contribution >= 4 is 29.3 Å². The van der Waals surface area contributed by atoms with Crippen LogP contribution in [-0.2, 0) is 4.79 Å². The molecule has 1 atom stereocenters. The average molecular weight is 268 g/mol. The number of carboxylic acids is 1. The first-order valence-corrected chi connectivity index (χ1v) is 6.79. The Balaban J connectivity index is 2.19. The summed E-state index contributed by atoms with van der Waals surface area (Å²) in [5.74, 6) is -0.179. The third-order valence-corrected chi connectivity index (χ3v) is 4.76. The van der Waals surface area contributed by atoms with Crippen molar-refractivity contribution in [1.82, 2.24) is 4.98 Å². The summed E-state index contributed by atoms with van der Waals surface area (Å²) in [4.78, 5) is 26.1. The topological polar surface area (TPSA) is 82.2 Å². The molecule has 1 aliphatic heterocycles. The van der Waals surface area contributed by atoms with Gasteiger partial charge < -0.3 is 15.4 Å². The van der Waals surface area contributed by atoms with Crippen molar-refractivity contribution in [3.63, 3.8) is 0 Å². The van der Waals surface area contributed by atoms with Crippen LogP contribution in [-0.4, -0.2) is 32.5 Å². The zero-order valence-corrected chi connectivity index (χ0v) is 11.2. The summed E-state index contributed by atoms with van der Waals surface area (Å²) in [6.45, 7) is 3.57. The van der Waals surface area contributed by atoms with Gasteiger partial charge in [0.2, 0.25) is 5.91 Å². The van der Waals surface area contributed by atoms with Gasteiger partial charge in [-0.2, -0.15) is 0 Å². The van der Waals surface area contributed by atoms with Gasteiger partial charge in [0.05, 0.1) is 10.4 Å². The van der Waals surface area contributed by atoms with E-state index in [-0.39, 0.29) is 11.5 Å². The molecule has 0 bridgehead atoms. The molecule has 1 fully saturated rings. The Morgan fingerprint density at radius 1 is 1.56 bits per heavy atom. The number of hydrogen-bond acceptors (Lipinski definition) is 3. The van der Waals surface area contributed by atoms with E-state index in [1.165, 1.54) is 6.20 Å². The molecule has 1 saturated heterocycles. The monoisotopic (exact) mass is 268 g/mol. The number of carbonyl (C=O) groups is 2. The molecule has 1 aromatic heterocycles. The number of aromatic carboxylic acids is 1. The smallest absolute Gasteiger partial charge is 0.339 e. The van der Waals surface area contributed by atoms with Crippen LogP contribution in [0.15, 0.2) is 6.20 Å². The minimum atomic E-state index is -1.03. The van der Waals surface area contributed by atoms with Gasteiger partial charge >= 0.3 is 5.97 Å². The number of carbonyl (C=O) groups excluding carboxylic acids is 1. The zero-order chi connectivity index (χ0) is 13.3. The molecule has 3 N–H and O–H groups in total. The second-order valence-electron chi connectivity index (χ2n) is 4.64. The molecule has 0 spiro atoms. The Labute approximate surface area is 109 Å². The Bertz CT molecular complexity index is 490. The van der Waals surface area contributed by atoms with Crippen molar-refractivity contribution in [2.75, 3.05) is 11.1 Å². The maximum Gasteiger partial charge on any atom is 0.339 e. The van der Waals surface area contributed by atoms with Gasteiger partial charge in [-0.05, 0) is 32.4 Å². The summed E-state index contributed by atoms with van der Waals surface area (Å²) >= 11 is 1.62. The first-order chi connectivity index (χ1) is 8.44. The third kappa shape index (κ3) is 2.25. The summed E-state index contributed by atoms with van der Waals surface area (Å²) in [5.41, 5.74) is 1.02. The predicted molar refractivity (Wildman–Crippen MR) is 71.2 cm³/mol. The van der Waals surface area contributed by atoms with E-state index in [0.717, 1.165) is 18.6 Å². The summed E-state index contributed by atoms with van der Waals surface area (Å²) < 4.78 is -0.444. The van der Waals surface area contributed by atoms with Crippen LogP contribution in [0.1, 0.15) is 35.8 Å². The predicted octanol–water partition coefficient (Wildman–Crippen LogP) is 2.25. The van der Waals surface area contributed by atoms with Crippen LogP contribution in [0, 0.1) is 6.92 Å². The first kappa shape index (κ1) is 13.0. The fraction of sp³-hybridized carbons (Fsp3) is 0.500. The van der Waals surface area contributed by atoms with E-state index in [0.29, 0.717) is 11.4 Å². The summed E-state index contributed by atoms with van der Waals surface area (Å²) in [6, 6.07) is 0. The largest absolute Gasteiger partial charge is 0.478 e. The van der Waals surface area contributed by atoms with Crippen LogP contribution in [0.4, 0.5) is 5.69 Å². The number of nitrogens with one attached hydrogen (secondary N) is 2. The van der Waals surface area contributed by atoms with Gasteiger partial charge in [0.1, 0.15) is 5.56 Å². The van der Waals surface area contributed by atoms with E-state index < -0.39 is 10.7 Å². The van der Waals surface area contributed by atoms with Crippen LogP contribution < -0.4 is 5.32 Å². The summed E-state index contributed by atoms with van der Waals surface area (Å²) in [5, 5.41) is 11.8. The van der Waals surface area contributed by atoms with Crippen LogP contribution in [0.25, 0.3) is 0 Å². The van der Waals surface area contributed by atoms with Crippen molar-refractivity contribution < 1.29 is 14.7 Å². The fourth-order valence-corrected chi connectivity index (χ4v) is 3.32. The molecule has 1 amide bonds. The molecular weight excluding hydrogens is 252 g/mol. The molecule has 1 aliphatic rings. The molecule has 0 aliphatic carbocycles. The highest BCUT2D eigenvalue weighted by Gasteiger charge is 2.37. The Hall–Kier alpha value is -1.43. The third-order valence-electron chi connectivity index (χ3n) is 3.24. The highest BCUT2D eigenvalue weighted by Crippen LogP contribution is 2.38. The maximum atomic E-state index is 12.2. The highest BCUT2D eigenvalue weighted by molar-refractivity contribution is 8.01. The standard InChI is InChI=1S/C12H16N2O3S/c1-7-9(10(15)16)8(6-13-7)14-11(17)12(2)4-3-5-18-12/h6,13H,3-5H2,1-2H3,(H,14,17)(H,15,16).